The Morgan fingerprint density at radius 2 is 2.10 bits per heavy atom. The van der Waals surface area contributed by atoms with Gasteiger partial charge in [0.15, 0.2) is 0 Å². The van der Waals surface area contributed by atoms with E-state index in [1.165, 1.54) is 4.90 Å². The summed E-state index contributed by atoms with van der Waals surface area (Å²) in [6.07, 6.45) is 3.35. The summed E-state index contributed by atoms with van der Waals surface area (Å²) in [5.74, 6) is 0.477. The zero-order valence-corrected chi connectivity index (χ0v) is 11.6. The van der Waals surface area contributed by atoms with E-state index < -0.39 is 0 Å². The molecule has 0 radical (unpaired) electrons. The van der Waals surface area contributed by atoms with E-state index >= 15 is 0 Å². The Kier molecular flexibility index (Phi) is 3.31. The highest BCUT2D eigenvalue weighted by atomic mass is 16.3. The van der Waals surface area contributed by atoms with Crippen LogP contribution in [0.5, 0.6) is 5.75 Å². The molecular weight excluding hydrogens is 266 g/mol. The van der Waals surface area contributed by atoms with Crippen molar-refractivity contribution in [2.75, 3.05) is 7.05 Å². The summed E-state index contributed by atoms with van der Waals surface area (Å²) in [4.78, 5) is 21.0. The predicted molar refractivity (Wildman–Crippen MR) is 80.0 cm³/mol. The molecule has 2 aromatic carbocycles. The molecule has 0 spiro atoms. The molecule has 106 valence electrons. The zero-order valence-electron chi connectivity index (χ0n) is 11.6. The Morgan fingerprint density at radius 1 is 1.29 bits per heavy atom. The van der Waals surface area contributed by atoms with Crippen LogP contribution < -0.4 is 0 Å². The Bertz CT molecular complexity index is 781. The van der Waals surface area contributed by atoms with E-state index in [4.69, 9.17) is 0 Å². The fourth-order valence-electron chi connectivity index (χ4n) is 2.31. The van der Waals surface area contributed by atoms with Crippen molar-refractivity contribution in [3.8, 4) is 5.75 Å². The molecule has 5 nitrogen and oxygen atoms in total. The van der Waals surface area contributed by atoms with Crippen LogP contribution in [0.3, 0.4) is 0 Å². The van der Waals surface area contributed by atoms with Gasteiger partial charge in [0, 0.05) is 24.8 Å². The number of aromatic hydroxyl groups is 1. The lowest BCUT2D eigenvalue weighted by atomic mass is 10.0. The molecule has 21 heavy (non-hydrogen) atoms. The molecule has 0 saturated heterocycles. The van der Waals surface area contributed by atoms with Crippen molar-refractivity contribution in [3.05, 3.63) is 60.2 Å². The van der Waals surface area contributed by atoms with E-state index in [2.05, 4.69) is 9.97 Å². The first kappa shape index (κ1) is 13.2. The van der Waals surface area contributed by atoms with E-state index in [9.17, 15) is 9.90 Å². The number of hydrogen-bond acceptors (Lipinski definition) is 3. The van der Waals surface area contributed by atoms with Crippen molar-refractivity contribution in [1.82, 2.24) is 14.9 Å². The van der Waals surface area contributed by atoms with Crippen molar-refractivity contribution in [1.29, 1.82) is 0 Å². The smallest absolute Gasteiger partial charge is 0.257 e. The quantitative estimate of drug-likeness (QED) is 0.775. The summed E-state index contributed by atoms with van der Waals surface area (Å²) in [5, 5.41) is 11.9. The average molecular weight is 281 g/mol. The van der Waals surface area contributed by atoms with Crippen molar-refractivity contribution in [2.45, 2.75) is 6.54 Å². The summed E-state index contributed by atoms with van der Waals surface area (Å²) in [5.41, 5.74) is 0.294. The molecule has 5 heteroatoms. The van der Waals surface area contributed by atoms with E-state index in [0.29, 0.717) is 23.3 Å². The van der Waals surface area contributed by atoms with Crippen molar-refractivity contribution >= 4 is 16.7 Å². The lowest BCUT2D eigenvalue weighted by Gasteiger charge is -2.17. The lowest BCUT2D eigenvalue weighted by Crippen LogP contribution is -2.26. The van der Waals surface area contributed by atoms with Gasteiger partial charge in [0.25, 0.3) is 5.91 Å². The van der Waals surface area contributed by atoms with E-state index in [1.807, 2.05) is 24.3 Å². The molecule has 3 aromatic rings. The highest BCUT2D eigenvalue weighted by Gasteiger charge is 2.18. The Morgan fingerprint density at radius 3 is 2.86 bits per heavy atom. The van der Waals surface area contributed by atoms with Crippen LogP contribution in [0.25, 0.3) is 10.8 Å². The minimum atomic E-state index is -0.241. The maximum Gasteiger partial charge on any atom is 0.257 e. The number of fused-ring (bicyclic) bond motifs is 1. The molecule has 0 aliphatic carbocycles. The number of H-pyrrole nitrogens is 1. The standard InChI is InChI=1S/C16H15N3O2/c1-19(10-14-17-8-9-18-14)16(21)13-7-6-11-4-2-3-5-12(11)15(13)20/h2-9,20H,10H2,1H3,(H,17,18). The maximum absolute atomic E-state index is 12.5. The third kappa shape index (κ3) is 2.45. The maximum atomic E-state index is 12.5. The van der Waals surface area contributed by atoms with Crippen LogP contribution in [0.15, 0.2) is 48.8 Å². The number of phenolic OH excluding ortho intramolecular Hbond substituents is 1. The predicted octanol–water partition coefficient (Wildman–Crippen LogP) is 2.54. The molecule has 0 aliphatic rings. The Hall–Kier alpha value is -2.82. The minimum Gasteiger partial charge on any atom is -0.506 e. The van der Waals surface area contributed by atoms with Gasteiger partial charge in [-0.15, -0.1) is 0 Å². The zero-order chi connectivity index (χ0) is 14.8. The summed E-state index contributed by atoms with van der Waals surface area (Å²) in [7, 11) is 1.68. The molecule has 1 heterocycles. The first-order valence-corrected chi connectivity index (χ1v) is 6.61. The molecule has 0 saturated carbocycles. The second-order valence-corrected chi connectivity index (χ2v) is 4.88. The molecule has 2 N–H and O–H groups in total. The van der Waals surface area contributed by atoms with Gasteiger partial charge >= 0.3 is 0 Å². The average Bonchev–Trinajstić information content (AvgIpc) is 3.00. The van der Waals surface area contributed by atoms with E-state index in [0.717, 1.165) is 5.39 Å². The van der Waals surface area contributed by atoms with Crippen molar-refractivity contribution < 1.29 is 9.90 Å². The minimum absolute atomic E-state index is 0.0180. The van der Waals surface area contributed by atoms with Gasteiger partial charge in [-0.3, -0.25) is 4.79 Å². The molecule has 0 fully saturated rings. The number of rotatable bonds is 3. The van der Waals surface area contributed by atoms with Gasteiger partial charge in [-0.05, 0) is 11.5 Å². The first-order valence-electron chi connectivity index (χ1n) is 6.61. The Balaban J connectivity index is 1.92. The van der Waals surface area contributed by atoms with Crippen LogP contribution in [0.1, 0.15) is 16.2 Å². The topological polar surface area (TPSA) is 69.2 Å². The highest BCUT2D eigenvalue weighted by Crippen LogP contribution is 2.29. The van der Waals surface area contributed by atoms with Gasteiger partial charge in [0.05, 0.1) is 12.1 Å². The fourth-order valence-corrected chi connectivity index (χ4v) is 2.31. The third-order valence-electron chi connectivity index (χ3n) is 3.42. The number of amides is 1. The number of phenols is 1. The van der Waals surface area contributed by atoms with Crippen LogP contribution in [0.2, 0.25) is 0 Å². The second kappa shape index (κ2) is 5.28. The van der Waals surface area contributed by atoms with Gasteiger partial charge in [0.2, 0.25) is 0 Å². The number of benzene rings is 2. The largest absolute Gasteiger partial charge is 0.506 e. The highest BCUT2D eigenvalue weighted by molar-refractivity contribution is 6.03. The molecule has 0 aliphatic heterocycles. The molecule has 0 bridgehead atoms. The number of hydrogen-bond donors (Lipinski definition) is 2. The van der Waals surface area contributed by atoms with E-state index in [-0.39, 0.29) is 11.7 Å². The molecule has 1 amide bonds. The Labute approximate surface area is 121 Å². The van der Waals surface area contributed by atoms with Gasteiger partial charge < -0.3 is 15.0 Å². The summed E-state index contributed by atoms with van der Waals surface area (Å²) >= 11 is 0. The van der Waals surface area contributed by atoms with Crippen LogP contribution in [-0.4, -0.2) is 32.9 Å². The number of nitrogens with zero attached hydrogens (tertiary/aromatic N) is 2. The number of aromatic nitrogens is 2. The molecule has 1 aromatic heterocycles. The van der Waals surface area contributed by atoms with Crippen molar-refractivity contribution in [2.24, 2.45) is 0 Å². The molecular formula is C16H15N3O2. The molecule has 0 unspecified atom stereocenters. The number of nitrogens with one attached hydrogen (secondary N) is 1. The first-order chi connectivity index (χ1) is 10.2. The molecule has 0 atom stereocenters. The van der Waals surface area contributed by atoms with Gasteiger partial charge in [-0.1, -0.05) is 30.3 Å². The van der Waals surface area contributed by atoms with Crippen LogP contribution in [-0.2, 0) is 6.54 Å². The monoisotopic (exact) mass is 281 g/mol. The van der Waals surface area contributed by atoms with Gasteiger partial charge in [-0.25, -0.2) is 4.98 Å². The van der Waals surface area contributed by atoms with E-state index in [1.54, 1.807) is 31.6 Å². The van der Waals surface area contributed by atoms with Crippen LogP contribution in [0, 0.1) is 0 Å². The summed E-state index contributed by atoms with van der Waals surface area (Å²) < 4.78 is 0. The van der Waals surface area contributed by atoms with Gasteiger partial charge in [-0.2, -0.15) is 0 Å². The lowest BCUT2D eigenvalue weighted by molar-refractivity contribution is 0.0779. The number of aromatic amines is 1. The number of carbonyl (C=O) groups excluding carboxylic acids is 1. The summed E-state index contributed by atoms with van der Waals surface area (Å²) in [6.45, 7) is 0.359. The normalized spacial score (nSPS) is 10.7. The molecule has 3 rings (SSSR count). The van der Waals surface area contributed by atoms with Crippen LogP contribution in [0.4, 0.5) is 0 Å². The van der Waals surface area contributed by atoms with Gasteiger partial charge in [0.1, 0.15) is 11.6 Å². The summed E-state index contributed by atoms with van der Waals surface area (Å²) in [6, 6.07) is 10.9. The SMILES string of the molecule is CN(Cc1ncc[nH]1)C(=O)c1ccc2ccccc2c1O. The van der Waals surface area contributed by atoms with Crippen LogP contribution >= 0.6 is 0 Å². The third-order valence-corrected chi connectivity index (χ3v) is 3.42. The number of carbonyl (C=O) groups is 1. The fraction of sp³-hybridized carbons (Fsp3) is 0.125. The van der Waals surface area contributed by atoms with Crippen molar-refractivity contribution in [3.63, 3.8) is 0 Å². The second-order valence-electron chi connectivity index (χ2n) is 4.88. The number of imidazole rings is 1.